The number of hydrogen-bond acceptors (Lipinski definition) is 4. The molecule has 0 radical (unpaired) electrons. The van der Waals surface area contributed by atoms with Crippen LogP contribution in [-0.2, 0) is 9.53 Å². The van der Waals surface area contributed by atoms with E-state index in [1.54, 1.807) is 68.5 Å². The molecular weight excluding hydrogens is 366 g/mol. The van der Waals surface area contributed by atoms with Crippen LogP contribution in [0.5, 0.6) is 5.75 Å². The fourth-order valence-electron chi connectivity index (χ4n) is 2.49. The molecule has 0 aliphatic carbocycles. The largest absolute Gasteiger partial charge is 0.464 e. The van der Waals surface area contributed by atoms with Gasteiger partial charge in [-0.25, -0.2) is 4.79 Å². The van der Waals surface area contributed by atoms with Crippen LogP contribution in [0.1, 0.15) is 29.8 Å². The van der Waals surface area contributed by atoms with Gasteiger partial charge in [0.25, 0.3) is 5.91 Å². The van der Waals surface area contributed by atoms with Crippen LogP contribution in [-0.4, -0.2) is 18.0 Å². The van der Waals surface area contributed by atoms with Crippen molar-refractivity contribution >= 4 is 35.2 Å². The number of carbonyl (C=O) groups is 2. The molecule has 6 heteroatoms. The van der Waals surface area contributed by atoms with Crippen LogP contribution in [0.25, 0.3) is 6.08 Å². The molecule has 0 aromatic heterocycles. The van der Waals surface area contributed by atoms with Gasteiger partial charge in [-0.05, 0) is 62.4 Å². The molecule has 3 rings (SSSR count). The number of amides is 1. The van der Waals surface area contributed by atoms with Crippen molar-refractivity contribution in [1.29, 1.82) is 0 Å². The summed E-state index contributed by atoms with van der Waals surface area (Å²) in [5, 5.41) is 3.33. The Bertz CT molecular complexity index is 947. The molecule has 0 spiro atoms. The minimum atomic E-state index is -0.438. The Kier molecular flexibility index (Phi) is 5.62. The van der Waals surface area contributed by atoms with Crippen LogP contribution in [0.15, 0.2) is 60.4 Å². The maximum atomic E-state index is 12.6. The van der Waals surface area contributed by atoms with Crippen molar-refractivity contribution in [3.05, 3.63) is 76.5 Å². The highest BCUT2D eigenvalue weighted by Gasteiger charge is 2.14. The third-order valence-electron chi connectivity index (χ3n) is 3.69. The van der Waals surface area contributed by atoms with Gasteiger partial charge in [-0.3, -0.25) is 4.79 Å². The van der Waals surface area contributed by atoms with Crippen molar-refractivity contribution in [2.75, 3.05) is 5.32 Å². The summed E-state index contributed by atoms with van der Waals surface area (Å²) in [5.41, 5.74) is 1.95. The van der Waals surface area contributed by atoms with Crippen molar-refractivity contribution in [3.63, 3.8) is 0 Å². The minimum Gasteiger partial charge on any atom is -0.464 e. The highest BCUT2D eigenvalue weighted by Crippen LogP contribution is 2.28. The van der Waals surface area contributed by atoms with E-state index >= 15 is 0 Å². The first kappa shape index (κ1) is 18.7. The molecule has 0 saturated carbocycles. The highest BCUT2D eigenvalue weighted by molar-refractivity contribution is 6.30. The molecule has 2 aromatic rings. The quantitative estimate of drug-likeness (QED) is 0.768. The van der Waals surface area contributed by atoms with Crippen molar-refractivity contribution in [1.82, 2.24) is 0 Å². The number of rotatable bonds is 4. The van der Waals surface area contributed by atoms with Gasteiger partial charge in [-0.1, -0.05) is 17.7 Å². The molecule has 1 aliphatic rings. The Balaban J connectivity index is 1.80. The maximum absolute atomic E-state index is 12.6. The normalized spacial score (nSPS) is 12.5. The Labute approximate surface area is 162 Å². The SMILES string of the molecule is CC(C)OC(=O)c1cccc(NC(=O)C2=Cc3cc(Cl)ccc3OC=C2)c1. The van der Waals surface area contributed by atoms with Crippen LogP contribution < -0.4 is 10.1 Å². The summed E-state index contributed by atoms with van der Waals surface area (Å²) in [5.74, 6) is -0.166. The standard InChI is InChI=1S/C21H18ClNO4/c1-13(2)27-21(25)15-4-3-5-18(12-15)23-20(24)14-8-9-26-19-7-6-17(22)11-16(19)10-14/h3-13H,1-2H3,(H,23,24). The molecule has 1 aliphatic heterocycles. The van der Waals surface area contributed by atoms with Crippen LogP contribution in [0.2, 0.25) is 5.02 Å². The van der Waals surface area contributed by atoms with Gasteiger partial charge in [0.1, 0.15) is 5.75 Å². The lowest BCUT2D eigenvalue weighted by Gasteiger charge is -2.10. The van der Waals surface area contributed by atoms with Gasteiger partial charge in [0.05, 0.1) is 17.9 Å². The summed E-state index contributed by atoms with van der Waals surface area (Å²) in [6.07, 6.45) is 4.49. The minimum absolute atomic E-state index is 0.219. The van der Waals surface area contributed by atoms with Gasteiger partial charge < -0.3 is 14.8 Å². The van der Waals surface area contributed by atoms with E-state index in [-0.39, 0.29) is 12.0 Å². The Morgan fingerprint density at radius 1 is 1.15 bits per heavy atom. The van der Waals surface area contributed by atoms with Crippen LogP contribution in [0.4, 0.5) is 5.69 Å². The van der Waals surface area contributed by atoms with Gasteiger partial charge in [-0.2, -0.15) is 0 Å². The molecular formula is C21H18ClNO4. The Morgan fingerprint density at radius 3 is 2.74 bits per heavy atom. The van der Waals surface area contributed by atoms with Crippen molar-refractivity contribution in [2.24, 2.45) is 0 Å². The number of fused-ring (bicyclic) bond motifs is 1. The lowest BCUT2D eigenvalue weighted by molar-refractivity contribution is -0.112. The molecule has 1 amide bonds. The van der Waals surface area contributed by atoms with E-state index in [9.17, 15) is 9.59 Å². The second-order valence-corrected chi connectivity index (χ2v) is 6.63. The van der Waals surface area contributed by atoms with Crippen LogP contribution in [0.3, 0.4) is 0 Å². The van der Waals surface area contributed by atoms with Gasteiger partial charge >= 0.3 is 5.97 Å². The summed E-state index contributed by atoms with van der Waals surface area (Å²) in [6.45, 7) is 3.56. The lowest BCUT2D eigenvalue weighted by atomic mass is 10.1. The van der Waals surface area contributed by atoms with Gasteiger partial charge in [0.2, 0.25) is 0 Å². The molecule has 27 heavy (non-hydrogen) atoms. The number of anilines is 1. The molecule has 0 unspecified atom stereocenters. The van der Waals surface area contributed by atoms with Crippen LogP contribution in [0, 0.1) is 0 Å². The summed E-state index contributed by atoms with van der Waals surface area (Å²) >= 11 is 6.02. The molecule has 5 nitrogen and oxygen atoms in total. The van der Waals surface area contributed by atoms with Crippen molar-refractivity contribution < 1.29 is 19.1 Å². The van der Waals surface area contributed by atoms with Crippen LogP contribution >= 0.6 is 11.6 Å². The monoisotopic (exact) mass is 383 g/mol. The fourth-order valence-corrected chi connectivity index (χ4v) is 2.67. The second kappa shape index (κ2) is 8.10. The van der Waals surface area contributed by atoms with Gasteiger partial charge in [0, 0.05) is 21.8 Å². The lowest BCUT2D eigenvalue weighted by Crippen LogP contribution is -2.15. The number of benzene rings is 2. The predicted molar refractivity (Wildman–Crippen MR) is 105 cm³/mol. The smallest absolute Gasteiger partial charge is 0.338 e. The fraction of sp³-hybridized carbons (Fsp3) is 0.143. The Morgan fingerprint density at radius 2 is 1.96 bits per heavy atom. The maximum Gasteiger partial charge on any atom is 0.338 e. The van der Waals surface area contributed by atoms with E-state index < -0.39 is 5.97 Å². The molecule has 0 saturated heterocycles. The first-order valence-corrected chi connectivity index (χ1v) is 8.77. The zero-order chi connectivity index (χ0) is 19.4. The van der Waals surface area contributed by atoms with E-state index in [1.165, 1.54) is 6.26 Å². The Hall–Kier alpha value is -3.05. The topological polar surface area (TPSA) is 64.6 Å². The van der Waals surface area contributed by atoms with E-state index in [1.807, 2.05) is 0 Å². The summed E-state index contributed by atoms with van der Waals surface area (Å²) < 4.78 is 10.7. The molecule has 2 aromatic carbocycles. The molecule has 1 N–H and O–H groups in total. The van der Waals surface area contributed by atoms with E-state index in [2.05, 4.69) is 5.32 Å². The third-order valence-corrected chi connectivity index (χ3v) is 3.92. The summed E-state index contributed by atoms with van der Waals surface area (Å²) in [6, 6.07) is 11.8. The average Bonchev–Trinajstić information content (AvgIpc) is 2.83. The predicted octanol–water partition coefficient (Wildman–Crippen LogP) is 4.83. The first-order chi connectivity index (χ1) is 12.9. The average molecular weight is 384 g/mol. The first-order valence-electron chi connectivity index (χ1n) is 8.39. The summed E-state index contributed by atoms with van der Waals surface area (Å²) in [4.78, 5) is 24.7. The number of esters is 1. The number of halogens is 1. The van der Waals surface area contributed by atoms with E-state index in [4.69, 9.17) is 21.1 Å². The zero-order valence-electron chi connectivity index (χ0n) is 14.9. The van der Waals surface area contributed by atoms with Gasteiger partial charge in [-0.15, -0.1) is 0 Å². The number of carbonyl (C=O) groups excluding carboxylic acids is 2. The number of hydrogen-bond donors (Lipinski definition) is 1. The zero-order valence-corrected chi connectivity index (χ0v) is 15.6. The third kappa shape index (κ3) is 4.77. The highest BCUT2D eigenvalue weighted by atomic mass is 35.5. The molecule has 1 heterocycles. The second-order valence-electron chi connectivity index (χ2n) is 6.19. The molecule has 0 fully saturated rings. The molecule has 138 valence electrons. The summed E-state index contributed by atoms with van der Waals surface area (Å²) in [7, 11) is 0. The van der Waals surface area contributed by atoms with Gasteiger partial charge in [0.15, 0.2) is 0 Å². The van der Waals surface area contributed by atoms with Crippen molar-refractivity contribution in [3.8, 4) is 5.75 Å². The number of nitrogens with one attached hydrogen (secondary N) is 1. The molecule has 0 atom stereocenters. The van der Waals surface area contributed by atoms with Crippen molar-refractivity contribution in [2.45, 2.75) is 20.0 Å². The molecule has 0 bridgehead atoms. The van der Waals surface area contributed by atoms with E-state index in [0.717, 1.165) is 0 Å². The number of ether oxygens (including phenoxy) is 2. The van der Waals surface area contributed by atoms with E-state index in [0.29, 0.717) is 33.2 Å².